The van der Waals surface area contributed by atoms with Gasteiger partial charge in [-0.2, -0.15) is 13.2 Å². The van der Waals surface area contributed by atoms with Gasteiger partial charge in [0.1, 0.15) is 11.4 Å². The molecule has 1 heterocycles. The van der Waals surface area contributed by atoms with Crippen molar-refractivity contribution in [1.29, 1.82) is 0 Å². The van der Waals surface area contributed by atoms with Gasteiger partial charge in [-0.05, 0) is 31.5 Å². The Labute approximate surface area is 114 Å². The normalized spacial score (nSPS) is 15.1. The molecule has 0 saturated heterocycles. The number of benzene rings is 1. The number of imidazole rings is 1. The van der Waals surface area contributed by atoms with Gasteiger partial charge >= 0.3 is 6.18 Å². The summed E-state index contributed by atoms with van der Waals surface area (Å²) in [5.74, 6) is 0.692. The van der Waals surface area contributed by atoms with E-state index in [0.29, 0.717) is 5.82 Å². The molecular weight excluding hydrogens is 269 g/mol. The first-order valence-electron chi connectivity index (χ1n) is 6.08. The van der Waals surface area contributed by atoms with E-state index in [1.165, 1.54) is 19.1 Å². The lowest BCUT2D eigenvalue weighted by Crippen LogP contribution is -2.28. The fourth-order valence-electron chi connectivity index (χ4n) is 2.02. The van der Waals surface area contributed by atoms with Crippen molar-refractivity contribution in [3.05, 3.63) is 53.6 Å². The number of halogens is 3. The van der Waals surface area contributed by atoms with Crippen molar-refractivity contribution in [1.82, 2.24) is 9.55 Å². The van der Waals surface area contributed by atoms with Gasteiger partial charge in [-0.15, -0.1) is 0 Å². The Morgan fingerprint density at radius 3 is 2.45 bits per heavy atom. The highest BCUT2D eigenvalue weighted by molar-refractivity contribution is 5.29. The van der Waals surface area contributed by atoms with Crippen molar-refractivity contribution < 1.29 is 18.3 Å². The van der Waals surface area contributed by atoms with E-state index in [9.17, 15) is 18.3 Å². The molecule has 6 heteroatoms. The fourth-order valence-corrected chi connectivity index (χ4v) is 2.02. The van der Waals surface area contributed by atoms with Crippen molar-refractivity contribution in [2.75, 3.05) is 0 Å². The summed E-state index contributed by atoms with van der Waals surface area (Å²) in [7, 11) is 0. The van der Waals surface area contributed by atoms with E-state index in [2.05, 4.69) is 4.98 Å². The molecule has 0 aliphatic carbocycles. The summed E-state index contributed by atoms with van der Waals surface area (Å²) in [6, 6.07) is 4.75. The molecule has 0 amide bonds. The Balaban J connectivity index is 2.32. The number of hydrogen-bond acceptors (Lipinski definition) is 2. The summed E-state index contributed by atoms with van der Waals surface area (Å²) < 4.78 is 39.8. The second kappa shape index (κ2) is 4.94. The van der Waals surface area contributed by atoms with E-state index >= 15 is 0 Å². The van der Waals surface area contributed by atoms with Crippen LogP contribution in [0.4, 0.5) is 13.2 Å². The van der Waals surface area contributed by atoms with Gasteiger partial charge in [0, 0.05) is 12.4 Å². The van der Waals surface area contributed by atoms with Gasteiger partial charge in [0.25, 0.3) is 0 Å². The summed E-state index contributed by atoms with van der Waals surface area (Å²) in [4.78, 5) is 4.02. The Bertz CT molecular complexity index is 602. The van der Waals surface area contributed by atoms with Crippen molar-refractivity contribution in [3.63, 3.8) is 0 Å². The number of rotatable bonds is 3. The predicted octanol–water partition coefficient (Wildman–Crippen LogP) is 3.12. The molecule has 0 aliphatic rings. The highest BCUT2D eigenvalue weighted by atomic mass is 19.4. The van der Waals surface area contributed by atoms with Crippen LogP contribution in [0.3, 0.4) is 0 Å². The van der Waals surface area contributed by atoms with Crippen LogP contribution in [0.25, 0.3) is 0 Å². The van der Waals surface area contributed by atoms with Gasteiger partial charge in [-0.1, -0.05) is 12.1 Å². The van der Waals surface area contributed by atoms with Crippen molar-refractivity contribution in [2.45, 2.75) is 32.2 Å². The van der Waals surface area contributed by atoms with Crippen LogP contribution in [0.5, 0.6) is 0 Å². The zero-order valence-corrected chi connectivity index (χ0v) is 11.1. The average molecular weight is 284 g/mol. The second-order valence-electron chi connectivity index (χ2n) is 4.95. The molecule has 2 rings (SSSR count). The molecule has 3 nitrogen and oxygen atoms in total. The molecule has 0 aliphatic heterocycles. The molecule has 0 saturated carbocycles. The summed E-state index contributed by atoms with van der Waals surface area (Å²) in [6.07, 6.45) is -1.16. The maximum Gasteiger partial charge on any atom is 0.416 e. The van der Waals surface area contributed by atoms with E-state index in [0.717, 1.165) is 12.1 Å². The third-order valence-electron chi connectivity index (χ3n) is 3.21. The average Bonchev–Trinajstić information content (AvgIpc) is 2.73. The molecule has 1 atom stereocenters. The van der Waals surface area contributed by atoms with Crippen LogP contribution in [0.2, 0.25) is 0 Å². The summed E-state index contributed by atoms with van der Waals surface area (Å²) in [6.45, 7) is 3.39. The van der Waals surface area contributed by atoms with Crippen molar-refractivity contribution in [3.8, 4) is 0 Å². The van der Waals surface area contributed by atoms with E-state index in [1.807, 2.05) is 0 Å². The Kier molecular flexibility index (Phi) is 3.60. The van der Waals surface area contributed by atoms with E-state index < -0.39 is 17.3 Å². The third kappa shape index (κ3) is 3.01. The number of alkyl halides is 3. The third-order valence-corrected chi connectivity index (χ3v) is 3.21. The lowest BCUT2D eigenvalue weighted by atomic mass is 9.94. The number of hydrogen-bond donors (Lipinski definition) is 1. The number of aromatic nitrogens is 2. The quantitative estimate of drug-likeness (QED) is 0.940. The highest BCUT2D eigenvalue weighted by Crippen LogP contribution is 2.32. The highest BCUT2D eigenvalue weighted by Gasteiger charge is 2.33. The molecule has 1 aromatic heterocycles. The molecule has 0 bridgehead atoms. The van der Waals surface area contributed by atoms with Crippen molar-refractivity contribution in [2.24, 2.45) is 0 Å². The zero-order valence-electron chi connectivity index (χ0n) is 11.1. The van der Waals surface area contributed by atoms with Crippen LogP contribution in [0, 0.1) is 6.92 Å². The van der Waals surface area contributed by atoms with Gasteiger partial charge < -0.3 is 9.67 Å². The van der Waals surface area contributed by atoms with Crippen LogP contribution in [-0.2, 0) is 18.3 Å². The number of aliphatic hydroxyl groups is 1. The number of nitrogens with zero attached hydrogens (tertiary/aromatic N) is 2. The van der Waals surface area contributed by atoms with Gasteiger partial charge in [-0.3, -0.25) is 0 Å². The first kappa shape index (κ1) is 14.6. The monoisotopic (exact) mass is 284 g/mol. The summed E-state index contributed by atoms with van der Waals surface area (Å²) in [5, 5.41) is 10.5. The molecule has 0 unspecified atom stereocenters. The molecule has 0 fully saturated rings. The smallest absolute Gasteiger partial charge is 0.384 e. The second-order valence-corrected chi connectivity index (χ2v) is 4.95. The molecule has 0 radical (unpaired) electrons. The fraction of sp³-hybridized carbons (Fsp3) is 0.357. The van der Waals surface area contributed by atoms with Crippen molar-refractivity contribution >= 4 is 0 Å². The molecule has 1 aromatic carbocycles. The summed E-state index contributed by atoms with van der Waals surface area (Å²) >= 11 is 0. The number of aryl methyl sites for hydroxylation is 1. The SMILES string of the molecule is Cc1nccn1C[C@](C)(O)c1cccc(C(F)(F)F)c1. The largest absolute Gasteiger partial charge is 0.416 e. The minimum absolute atomic E-state index is 0.139. The molecule has 2 aromatic rings. The standard InChI is InChI=1S/C14H15F3N2O/c1-10-18-6-7-19(10)9-13(2,20)11-4-3-5-12(8-11)14(15,16)17/h3-8,20H,9H2,1-2H3/t13-/m0/s1. The first-order valence-corrected chi connectivity index (χ1v) is 6.08. The maximum absolute atomic E-state index is 12.7. The summed E-state index contributed by atoms with van der Waals surface area (Å²) in [5.41, 5.74) is -1.95. The first-order chi connectivity index (χ1) is 9.20. The van der Waals surface area contributed by atoms with Gasteiger partial charge in [-0.25, -0.2) is 4.98 Å². The molecule has 108 valence electrons. The Hall–Kier alpha value is -1.82. The Morgan fingerprint density at radius 2 is 1.90 bits per heavy atom. The van der Waals surface area contributed by atoms with Crippen LogP contribution in [0.15, 0.2) is 36.7 Å². The lowest BCUT2D eigenvalue weighted by Gasteiger charge is -2.25. The zero-order chi connectivity index (χ0) is 15.0. The van der Waals surface area contributed by atoms with Crippen LogP contribution in [-0.4, -0.2) is 14.7 Å². The maximum atomic E-state index is 12.7. The van der Waals surface area contributed by atoms with Crippen LogP contribution in [0.1, 0.15) is 23.9 Å². The van der Waals surface area contributed by atoms with Gasteiger partial charge in [0.15, 0.2) is 0 Å². The van der Waals surface area contributed by atoms with E-state index in [-0.39, 0.29) is 12.1 Å². The lowest BCUT2D eigenvalue weighted by molar-refractivity contribution is -0.137. The minimum atomic E-state index is -4.42. The minimum Gasteiger partial charge on any atom is -0.384 e. The van der Waals surface area contributed by atoms with Gasteiger partial charge in [0.2, 0.25) is 0 Å². The molecule has 0 spiro atoms. The van der Waals surface area contributed by atoms with Gasteiger partial charge in [0.05, 0.1) is 12.1 Å². The topological polar surface area (TPSA) is 38.0 Å². The molecule has 20 heavy (non-hydrogen) atoms. The molecule has 1 N–H and O–H groups in total. The van der Waals surface area contributed by atoms with E-state index in [1.54, 1.807) is 23.9 Å². The van der Waals surface area contributed by atoms with Crippen LogP contribution >= 0.6 is 0 Å². The van der Waals surface area contributed by atoms with E-state index in [4.69, 9.17) is 0 Å². The Morgan fingerprint density at radius 1 is 1.25 bits per heavy atom. The molecular formula is C14H15F3N2O. The van der Waals surface area contributed by atoms with Crippen LogP contribution < -0.4 is 0 Å². The predicted molar refractivity (Wildman–Crippen MR) is 68.0 cm³/mol.